The molecule has 0 aliphatic carbocycles. The lowest BCUT2D eigenvalue weighted by molar-refractivity contribution is -0.155. The highest BCUT2D eigenvalue weighted by molar-refractivity contribution is 5.73. The summed E-state index contributed by atoms with van der Waals surface area (Å²) in [5.74, 6) is -0.292. The van der Waals surface area contributed by atoms with E-state index in [-0.39, 0.29) is 35.9 Å². The maximum atomic E-state index is 12.1. The van der Waals surface area contributed by atoms with Crippen LogP contribution in [-0.2, 0) is 9.53 Å². The first-order valence-electron chi connectivity index (χ1n) is 6.41. The minimum Gasteiger partial charge on any atom is -0.463 e. The van der Waals surface area contributed by atoms with E-state index in [4.69, 9.17) is 9.84 Å². The van der Waals surface area contributed by atoms with Gasteiger partial charge in [0.05, 0.1) is 12.5 Å². The molecule has 0 aromatic rings. The van der Waals surface area contributed by atoms with Crippen molar-refractivity contribution < 1.29 is 14.6 Å². The number of carbonyl (C=O) groups is 1. The van der Waals surface area contributed by atoms with Crippen molar-refractivity contribution in [3.8, 4) is 0 Å². The van der Waals surface area contributed by atoms with E-state index in [1.807, 2.05) is 0 Å². The average molecular weight is 244 g/mol. The van der Waals surface area contributed by atoms with Crippen LogP contribution in [-0.4, -0.2) is 24.3 Å². The largest absolute Gasteiger partial charge is 0.463 e. The third kappa shape index (κ3) is 6.06. The van der Waals surface area contributed by atoms with Crippen LogP contribution in [0.5, 0.6) is 0 Å². The Bertz CT molecular complexity index is 238. The molecule has 0 aliphatic heterocycles. The number of rotatable bonds is 6. The van der Waals surface area contributed by atoms with E-state index in [1.54, 1.807) is 0 Å². The van der Waals surface area contributed by atoms with E-state index < -0.39 is 0 Å². The second-order valence-corrected chi connectivity index (χ2v) is 6.55. The van der Waals surface area contributed by atoms with E-state index in [2.05, 4.69) is 41.5 Å². The van der Waals surface area contributed by atoms with Crippen LogP contribution >= 0.6 is 0 Å². The second-order valence-electron chi connectivity index (χ2n) is 6.55. The molecule has 0 aromatic heterocycles. The van der Waals surface area contributed by atoms with Crippen LogP contribution in [0.3, 0.4) is 0 Å². The molecular weight excluding hydrogens is 216 g/mol. The third-order valence-corrected chi connectivity index (χ3v) is 3.29. The monoisotopic (exact) mass is 244 g/mol. The zero-order chi connectivity index (χ0) is 13.7. The van der Waals surface area contributed by atoms with Gasteiger partial charge in [-0.2, -0.15) is 0 Å². The summed E-state index contributed by atoms with van der Waals surface area (Å²) in [7, 11) is 0. The molecule has 0 bridgehead atoms. The predicted molar refractivity (Wildman–Crippen MR) is 69.7 cm³/mol. The number of carbonyl (C=O) groups excluding carboxylic acids is 1. The van der Waals surface area contributed by atoms with Crippen LogP contribution < -0.4 is 0 Å². The van der Waals surface area contributed by atoms with Gasteiger partial charge >= 0.3 is 5.97 Å². The molecule has 0 saturated heterocycles. The summed E-state index contributed by atoms with van der Waals surface area (Å²) in [5.41, 5.74) is 0.0230. The van der Waals surface area contributed by atoms with Crippen molar-refractivity contribution in [2.75, 3.05) is 13.2 Å². The van der Waals surface area contributed by atoms with Gasteiger partial charge in [0, 0.05) is 0 Å². The SMILES string of the molecule is CCC(C)(C)C(CC(C)(C)C)C(=O)OCCO. The predicted octanol–water partition coefficient (Wildman–Crippen LogP) is 3.01. The van der Waals surface area contributed by atoms with Gasteiger partial charge in [-0.15, -0.1) is 0 Å². The Labute approximate surface area is 106 Å². The Morgan fingerprint density at radius 3 is 2.12 bits per heavy atom. The number of ether oxygens (including phenoxy) is 1. The standard InChI is InChI=1S/C14H28O3/c1-7-14(5,6)11(10-13(2,3)4)12(16)17-9-8-15/h11,15H,7-10H2,1-6H3. The number of aliphatic hydroxyl groups excluding tert-OH is 1. The van der Waals surface area contributed by atoms with Gasteiger partial charge in [0.25, 0.3) is 0 Å². The third-order valence-electron chi connectivity index (χ3n) is 3.29. The fourth-order valence-corrected chi connectivity index (χ4v) is 1.78. The molecule has 1 unspecified atom stereocenters. The minimum atomic E-state index is -0.180. The van der Waals surface area contributed by atoms with Gasteiger partial charge in [0.1, 0.15) is 6.61 Å². The number of esters is 1. The maximum absolute atomic E-state index is 12.1. The molecule has 3 heteroatoms. The van der Waals surface area contributed by atoms with Crippen molar-refractivity contribution >= 4 is 5.97 Å². The molecule has 0 heterocycles. The van der Waals surface area contributed by atoms with E-state index in [1.165, 1.54) is 0 Å². The van der Waals surface area contributed by atoms with Gasteiger partial charge < -0.3 is 9.84 Å². The van der Waals surface area contributed by atoms with E-state index in [9.17, 15) is 4.79 Å². The van der Waals surface area contributed by atoms with Crippen LogP contribution in [0.15, 0.2) is 0 Å². The van der Waals surface area contributed by atoms with Crippen molar-refractivity contribution in [1.82, 2.24) is 0 Å². The van der Waals surface area contributed by atoms with Crippen LogP contribution in [0.25, 0.3) is 0 Å². The lowest BCUT2D eigenvalue weighted by atomic mass is 9.70. The highest BCUT2D eigenvalue weighted by Gasteiger charge is 2.37. The lowest BCUT2D eigenvalue weighted by Crippen LogP contribution is -2.35. The summed E-state index contributed by atoms with van der Waals surface area (Å²) >= 11 is 0. The van der Waals surface area contributed by atoms with Gasteiger partial charge in [-0.05, 0) is 17.3 Å². The fraction of sp³-hybridized carbons (Fsp3) is 0.929. The summed E-state index contributed by atoms with van der Waals surface area (Å²) in [4.78, 5) is 12.1. The molecule has 0 aliphatic rings. The van der Waals surface area contributed by atoms with E-state index in [0.717, 1.165) is 12.8 Å². The Morgan fingerprint density at radius 2 is 1.76 bits per heavy atom. The molecule has 0 radical (unpaired) electrons. The molecule has 0 saturated carbocycles. The Kier molecular flexibility index (Phi) is 6.17. The first-order chi connectivity index (χ1) is 7.64. The Hall–Kier alpha value is -0.570. The molecule has 0 amide bonds. The first kappa shape index (κ1) is 16.4. The van der Waals surface area contributed by atoms with Gasteiger partial charge in [-0.25, -0.2) is 0 Å². The number of aliphatic hydroxyl groups is 1. The molecule has 3 nitrogen and oxygen atoms in total. The smallest absolute Gasteiger partial charge is 0.309 e. The summed E-state index contributed by atoms with van der Waals surface area (Å²) < 4.78 is 5.10. The van der Waals surface area contributed by atoms with Crippen LogP contribution in [0.2, 0.25) is 0 Å². The Balaban J connectivity index is 4.79. The molecule has 1 atom stereocenters. The Morgan fingerprint density at radius 1 is 1.24 bits per heavy atom. The average Bonchev–Trinajstić information content (AvgIpc) is 2.21. The van der Waals surface area contributed by atoms with E-state index in [0.29, 0.717) is 0 Å². The molecule has 17 heavy (non-hydrogen) atoms. The molecule has 102 valence electrons. The highest BCUT2D eigenvalue weighted by Crippen LogP contribution is 2.39. The van der Waals surface area contributed by atoms with Gasteiger partial charge in [0.2, 0.25) is 0 Å². The quantitative estimate of drug-likeness (QED) is 0.731. The molecule has 0 rings (SSSR count). The van der Waals surface area contributed by atoms with Crippen LogP contribution in [0.1, 0.15) is 54.4 Å². The molecule has 1 N–H and O–H groups in total. The second kappa shape index (κ2) is 6.39. The van der Waals surface area contributed by atoms with Crippen LogP contribution in [0, 0.1) is 16.7 Å². The van der Waals surface area contributed by atoms with Crippen molar-refractivity contribution in [2.45, 2.75) is 54.4 Å². The zero-order valence-corrected chi connectivity index (χ0v) is 12.2. The maximum Gasteiger partial charge on any atom is 0.309 e. The molecule has 0 aromatic carbocycles. The van der Waals surface area contributed by atoms with E-state index >= 15 is 0 Å². The van der Waals surface area contributed by atoms with Crippen LogP contribution in [0.4, 0.5) is 0 Å². The normalized spacial score (nSPS) is 14.5. The van der Waals surface area contributed by atoms with Crippen molar-refractivity contribution in [3.63, 3.8) is 0 Å². The van der Waals surface area contributed by atoms with Crippen molar-refractivity contribution in [3.05, 3.63) is 0 Å². The van der Waals surface area contributed by atoms with Gasteiger partial charge in [0.15, 0.2) is 0 Å². The van der Waals surface area contributed by atoms with Gasteiger partial charge in [-0.3, -0.25) is 4.79 Å². The lowest BCUT2D eigenvalue weighted by Gasteiger charge is -2.35. The van der Waals surface area contributed by atoms with Crippen molar-refractivity contribution in [1.29, 1.82) is 0 Å². The summed E-state index contributed by atoms with van der Waals surface area (Å²) in [6.07, 6.45) is 1.74. The van der Waals surface area contributed by atoms with Gasteiger partial charge in [-0.1, -0.05) is 48.0 Å². The zero-order valence-electron chi connectivity index (χ0n) is 12.2. The summed E-state index contributed by atoms with van der Waals surface area (Å²) in [6, 6.07) is 0. The first-order valence-corrected chi connectivity index (χ1v) is 6.41. The van der Waals surface area contributed by atoms with Crippen molar-refractivity contribution in [2.24, 2.45) is 16.7 Å². The minimum absolute atomic E-state index is 0.0696. The molecular formula is C14H28O3. The number of hydrogen-bond donors (Lipinski definition) is 1. The summed E-state index contributed by atoms with van der Waals surface area (Å²) in [6.45, 7) is 12.7. The molecule has 0 spiro atoms. The highest BCUT2D eigenvalue weighted by atomic mass is 16.5. The molecule has 0 fully saturated rings. The number of hydrogen-bond acceptors (Lipinski definition) is 3. The fourth-order valence-electron chi connectivity index (χ4n) is 1.78. The summed E-state index contributed by atoms with van der Waals surface area (Å²) in [5, 5.41) is 8.71. The topological polar surface area (TPSA) is 46.5 Å².